The van der Waals surface area contributed by atoms with Crippen molar-refractivity contribution < 1.29 is 4.79 Å². The van der Waals surface area contributed by atoms with Crippen molar-refractivity contribution in [3.8, 4) is 0 Å². The van der Waals surface area contributed by atoms with Gasteiger partial charge >= 0.3 is 0 Å². The highest BCUT2D eigenvalue weighted by Crippen LogP contribution is 2.43. The quantitative estimate of drug-likeness (QED) is 0.787. The van der Waals surface area contributed by atoms with Crippen LogP contribution < -0.4 is 16.2 Å². The molecular weight excluding hydrogens is 322 g/mol. The second kappa shape index (κ2) is 6.20. The van der Waals surface area contributed by atoms with Gasteiger partial charge in [-0.3, -0.25) is 4.79 Å². The number of nitrogens with one attached hydrogen (secondary N) is 3. The van der Waals surface area contributed by atoms with Crippen LogP contribution in [0.2, 0.25) is 5.02 Å². The van der Waals surface area contributed by atoms with Crippen LogP contribution in [0.5, 0.6) is 0 Å². The van der Waals surface area contributed by atoms with Crippen molar-refractivity contribution in [1.29, 1.82) is 0 Å². The first kappa shape index (κ1) is 15.6. The molecule has 0 radical (unpaired) electrons. The van der Waals surface area contributed by atoms with Crippen LogP contribution in [0.25, 0.3) is 0 Å². The van der Waals surface area contributed by atoms with Gasteiger partial charge in [0.1, 0.15) is 0 Å². The number of hydrogen-bond donors (Lipinski definition) is 3. The van der Waals surface area contributed by atoms with Gasteiger partial charge < -0.3 is 5.32 Å². The fourth-order valence-electron chi connectivity index (χ4n) is 4.03. The van der Waals surface area contributed by atoms with Gasteiger partial charge in [-0.2, -0.15) is 0 Å². The number of carbonyl (C=O) groups is 1. The fraction of sp³-hybridized carbons (Fsp3) is 0.316. The van der Waals surface area contributed by atoms with E-state index in [4.69, 9.17) is 11.6 Å². The minimum atomic E-state index is -0.0727. The zero-order chi connectivity index (χ0) is 16.7. The van der Waals surface area contributed by atoms with Crippen molar-refractivity contribution >= 4 is 17.5 Å². The number of hydrazine groups is 1. The number of aryl methyl sites for hydroxylation is 1. The van der Waals surface area contributed by atoms with E-state index in [0.29, 0.717) is 6.42 Å². The van der Waals surface area contributed by atoms with E-state index < -0.39 is 0 Å². The molecule has 4 nitrogen and oxygen atoms in total. The molecule has 3 N–H and O–H groups in total. The first-order valence-electron chi connectivity index (χ1n) is 8.25. The van der Waals surface area contributed by atoms with Gasteiger partial charge in [-0.25, -0.2) is 10.9 Å². The van der Waals surface area contributed by atoms with E-state index in [0.717, 1.165) is 5.02 Å². The Morgan fingerprint density at radius 3 is 2.54 bits per heavy atom. The number of halogens is 1. The van der Waals surface area contributed by atoms with E-state index in [1.54, 1.807) is 0 Å². The van der Waals surface area contributed by atoms with E-state index >= 15 is 0 Å². The molecule has 2 aromatic carbocycles. The molecule has 0 bridgehead atoms. The predicted octanol–water partition coefficient (Wildman–Crippen LogP) is 3.04. The van der Waals surface area contributed by atoms with Crippen molar-refractivity contribution in [1.82, 2.24) is 16.2 Å². The van der Waals surface area contributed by atoms with Crippen LogP contribution in [0.15, 0.2) is 48.5 Å². The highest BCUT2D eigenvalue weighted by molar-refractivity contribution is 6.30. The van der Waals surface area contributed by atoms with Crippen LogP contribution in [0.1, 0.15) is 35.1 Å². The lowest BCUT2D eigenvalue weighted by molar-refractivity contribution is -0.125. The van der Waals surface area contributed by atoms with Crippen LogP contribution in [0.3, 0.4) is 0 Å². The third kappa shape index (κ3) is 2.71. The Hall–Kier alpha value is -1.88. The minimum Gasteiger partial charge on any atom is -0.339 e. The Morgan fingerprint density at radius 2 is 1.79 bits per heavy atom. The van der Waals surface area contributed by atoms with Gasteiger partial charge in [0.05, 0.1) is 12.2 Å². The lowest BCUT2D eigenvalue weighted by Gasteiger charge is -2.36. The highest BCUT2D eigenvalue weighted by Gasteiger charge is 2.46. The molecular formula is C19H20ClN3O. The molecule has 4 atom stereocenters. The third-order valence-corrected chi connectivity index (χ3v) is 5.42. The second-order valence-electron chi connectivity index (χ2n) is 6.61. The molecule has 2 saturated heterocycles. The number of benzene rings is 2. The van der Waals surface area contributed by atoms with Gasteiger partial charge in [0, 0.05) is 23.3 Å². The molecule has 5 heteroatoms. The Morgan fingerprint density at radius 1 is 1.04 bits per heavy atom. The molecule has 4 rings (SSSR count). The number of hydrogen-bond acceptors (Lipinski definition) is 3. The molecule has 124 valence electrons. The Labute approximate surface area is 146 Å². The number of carbonyl (C=O) groups excluding carboxylic acids is 1. The largest absolute Gasteiger partial charge is 0.339 e. The van der Waals surface area contributed by atoms with E-state index in [-0.39, 0.29) is 30.0 Å². The molecule has 2 fully saturated rings. The molecule has 1 amide bonds. The molecule has 24 heavy (non-hydrogen) atoms. The van der Waals surface area contributed by atoms with Crippen LogP contribution in [-0.4, -0.2) is 12.1 Å². The van der Waals surface area contributed by atoms with Gasteiger partial charge in [0.15, 0.2) is 0 Å². The molecule has 0 aromatic heterocycles. The SMILES string of the molecule is Cc1ccccc1C1CC(=O)NC2NNC(c3ccc(Cl)cc3)C21. The van der Waals surface area contributed by atoms with E-state index in [1.165, 1.54) is 16.7 Å². The summed E-state index contributed by atoms with van der Waals surface area (Å²) >= 11 is 6.03. The van der Waals surface area contributed by atoms with E-state index in [2.05, 4.69) is 53.4 Å². The molecule has 2 aliphatic heterocycles. The topological polar surface area (TPSA) is 53.2 Å². The molecule has 0 aliphatic carbocycles. The lowest BCUT2D eigenvalue weighted by Crippen LogP contribution is -2.52. The summed E-state index contributed by atoms with van der Waals surface area (Å²) in [6.07, 6.45) is 0.441. The molecule has 2 aromatic rings. The Balaban J connectivity index is 1.73. The second-order valence-corrected chi connectivity index (χ2v) is 7.04. The van der Waals surface area contributed by atoms with Crippen LogP contribution in [0, 0.1) is 12.8 Å². The van der Waals surface area contributed by atoms with Crippen LogP contribution >= 0.6 is 11.6 Å². The summed E-state index contributed by atoms with van der Waals surface area (Å²) in [6.45, 7) is 2.12. The molecule has 0 saturated carbocycles. The molecule has 2 aliphatic rings. The number of piperidine rings is 1. The summed E-state index contributed by atoms with van der Waals surface area (Å²) in [6, 6.07) is 16.4. The van der Waals surface area contributed by atoms with Crippen molar-refractivity contribution in [3.05, 3.63) is 70.2 Å². The van der Waals surface area contributed by atoms with Crippen molar-refractivity contribution in [2.24, 2.45) is 5.92 Å². The monoisotopic (exact) mass is 341 g/mol. The maximum Gasteiger partial charge on any atom is 0.221 e. The number of amides is 1. The number of fused-ring (bicyclic) bond motifs is 1. The van der Waals surface area contributed by atoms with Crippen molar-refractivity contribution in [2.75, 3.05) is 0 Å². The van der Waals surface area contributed by atoms with E-state index in [1.807, 2.05) is 18.2 Å². The zero-order valence-corrected chi connectivity index (χ0v) is 14.2. The highest BCUT2D eigenvalue weighted by atomic mass is 35.5. The molecule has 4 unspecified atom stereocenters. The van der Waals surface area contributed by atoms with Gasteiger partial charge in [-0.15, -0.1) is 0 Å². The van der Waals surface area contributed by atoms with Crippen molar-refractivity contribution in [3.63, 3.8) is 0 Å². The predicted molar refractivity (Wildman–Crippen MR) is 94.4 cm³/mol. The lowest BCUT2D eigenvalue weighted by atomic mass is 9.73. The summed E-state index contributed by atoms with van der Waals surface area (Å²) in [4.78, 5) is 12.2. The maximum absolute atomic E-state index is 12.2. The van der Waals surface area contributed by atoms with Crippen LogP contribution in [-0.2, 0) is 4.79 Å². The maximum atomic E-state index is 12.2. The molecule has 0 spiro atoms. The summed E-state index contributed by atoms with van der Waals surface area (Å²) in [5.74, 6) is 0.508. The summed E-state index contributed by atoms with van der Waals surface area (Å²) < 4.78 is 0. The van der Waals surface area contributed by atoms with Crippen LogP contribution in [0.4, 0.5) is 0 Å². The summed E-state index contributed by atoms with van der Waals surface area (Å²) in [7, 11) is 0. The number of rotatable bonds is 2. The smallest absolute Gasteiger partial charge is 0.221 e. The van der Waals surface area contributed by atoms with Gasteiger partial charge in [-0.05, 0) is 35.7 Å². The zero-order valence-electron chi connectivity index (χ0n) is 13.4. The first-order chi connectivity index (χ1) is 11.6. The van der Waals surface area contributed by atoms with E-state index in [9.17, 15) is 4.79 Å². The summed E-state index contributed by atoms with van der Waals surface area (Å²) in [5.41, 5.74) is 10.3. The minimum absolute atomic E-state index is 0.0727. The van der Waals surface area contributed by atoms with Gasteiger partial charge in [-0.1, -0.05) is 48.0 Å². The average molecular weight is 342 g/mol. The van der Waals surface area contributed by atoms with Gasteiger partial charge in [0.2, 0.25) is 5.91 Å². The van der Waals surface area contributed by atoms with Gasteiger partial charge in [0.25, 0.3) is 0 Å². The first-order valence-corrected chi connectivity index (χ1v) is 8.62. The standard InChI is InChI=1S/C19H20ClN3O/c1-11-4-2-3-5-14(11)15-10-16(24)21-19-17(15)18(22-23-19)12-6-8-13(20)9-7-12/h2-9,15,17-19,22-23H,10H2,1H3,(H,21,24). The van der Waals surface area contributed by atoms with Crippen molar-refractivity contribution in [2.45, 2.75) is 31.5 Å². The third-order valence-electron chi connectivity index (χ3n) is 5.17. The Bertz CT molecular complexity index is 761. The Kier molecular flexibility index (Phi) is 4.04. The molecule has 2 heterocycles. The average Bonchev–Trinajstić information content (AvgIpc) is 2.99. The fourth-order valence-corrected chi connectivity index (χ4v) is 4.15. The summed E-state index contributed by atoms with van der Waals surface area (Å²) in [5, 5.41) is 3.80. The normalized spacial score (nSPS) is 29.2.